The molecule has 0 unspecified atom stereocenters. The van der Waals surface area contributed by atoms with Gasteiger partial charge in [-0.15, -0.1) is 0 Å². The van der Waals surface area contributed by atoms with Crippen LogP contribution >= 0.6 is 11.8 Å². The van der Waals surface area contributed by atoms with Gasteiger partial charge in [-0.1, -0.05) is 23.9 Å². The Morgan fingerprint density at radius 3 is 2.72 bits per heavy atom. The fraction of sp³-hybridized carbons (Fsp3) is 0.385. The number of aryl methyl sites for hydroxylation is 1. The van der Waals surface area contributed by atoms with E-state index in [9.17, 15) is 0 Å². The van der Waals surface area contributed by atoms with Gasteiger partial charge in [-0.25, -0.2) is 9.67 Å². The molecule has 4 nitrogen and oxygen atoms in total. The highest BCUT2D eigenvalue weighted by Crippen LogP contribution is 2.25. The SMILES string of the molecule is Cn1ncnc1Sc1ccc(CNC2CC2)cc1. The molecule has 1 saturated carbocycles. The summed E-state index contributed by atoms with van der Waals surface area (Å²) < 4.78 is 1.78. The maximum Gasteiger partial charge on any atom is 0.190 e. The zero-order valence-corrected chi connectivity index (χ0v) is 11.2. The Morgan fingerprint density at radius 2 is 2.11 bits per heavy atom. The molecule has 0 spiro atoms. The van der Waals surface area contributed by atoms with E-state index in [0.29, 0.717) is 0 Å². The van der Waals surface area contributed by atoms with Gasteiger partial charge in [-0.05, 0) is 30.5 Å². The molecule has 0 saturated heterocycles. The van der Waals surface area contributed by atoms with Crippen molar-refractivity contribution in [3.05, 3.63) is 36.2 Å². The van der Waals surface area contributed by atoms with Crippen LogP contribution in [0.15, 0.2) is 40.6 Å². The minimum absolute atomic E-state index is 0.762. The lowest BCUT2D eigenvalue weighted by Crippen LogP contribution is -2.14. The van der Waals surface area contributed by atoms with Crippen LogP contribution in [0, 0.1) is 0 Å². The molecule has 0 radical (unpaired) electrons. The van der Waals surface area contributed by atoms with Gasteiger partial charge in [-0.3, -0.25) is 0 Å². The highest BCUT2D eigenvalue weighted by Gasteiger charge is 2.19. The van der Waals surface area contributed by atoms with Gasteiger partial charge in [0.15, 0.2) is 5.16 Å². The van der Waals surface area contributed by atoms with Crippen LogP contribution in [-0.4, -0.2) is 20.8 Å². The second-order valence-electron chi connectivity index (χ2n) is 4.57. The van der Waals surface area contributed by atoms with Crippen LogP contribution < -0.4 is 5.32 Å². The van der Waals surface area contributed by atoms with E-state index in [-0.39, 0.29) is 0 Å². The number of aromatic nitrogens is 3. The maximum atomic E-state index is 4.20. The van der Waals surface area contributed by atoms with Crippen LogP contribution in [0.2, 0.25) is 0 Å². The van der Waals surface area contributed by atoms with Crippen molar-refractivity contribution < 1.29 is 0 Å². The summed E-state index contributed by atoms with van der Waals surface area (Å²) in [7, 11) is 1.91. The van der Waals surface area contributed by atoms with E-state index in [4.69, 9.17) is 0 Å². The largest absolute Gasteiger partial charge is 0.310 e. The number of rotatable bonds is 5. The number of hydrogen-bond donors (Lipinski definition) is 1. The van der Waals surface area contributed by atoms with Crippen molar-refractivity contribution in [3.63, 3.8) is 0 Å². The van der Waals surface area contributed by atoms with Crippen LogP contribution in [0.25, 0.3) is 0 Å². The molecule has 1 aromatic heterocycles. The molecular formula is C13H16N4S. The summed E-state index contributed by atoms with van der Waals surface area (Å²) in [4.78, 5) is 5.40. The smallest absolute Gasteiger partial charge is 0.190 e. The second-order valence-corrected chi connectivity index (χ2v) is 5.61. The van der Waals surface area contributed by atoms with Crippen molar-refractivity contribution in [2.24, 2.45) is 7.05 Å². The summed E-state index contributed by atoms with van der Waals surface area (Å²) in [6.07, 6.45) is 4.25. The van der Waals surface area contributed by atoms with Crippen molar-refractivity contribution in [2.45, 2.75) is 35.5 Å². The number of benzene rings is 1. The Hall–Kier alpha value is -1.33. The molecule has 1 aliphatic carbocycles. The molecule has 0 aliphatic heterocycles. The molecule has 5 heteroatoms. The first-order chi connectivity index (χ1) is 8.81. The van der Waals surface area contributed by atoms with Gasteiger partial charge in [-0.2, -0.15) is 5.10 Å². The third-order valence-corrected chi connectivity index (χ3v) is 4.03. The Bertz CT molecular complexity index is 516. The number of nitrogens with zero attached hydrogens (tertiary/aromatic N) is 3. The van der Waals surface area contributed by atoms with Crippen molar-refractivity contribution in [2.75, 3.05) is 0 Å². The van der Waals surface area contributed by atoms with Gasteiger partial charge in [0, 0.05) is 24.5 Å². The first-order valence-corrected chi connectivity index (χ1v) is 6.97. The third-order valence-electron chi connectivity index (χ3n) is 2.97. The lowest BCUT2D eigenvalue weighted by Gasteiger charge is -2.04. The Balaban J connectivity index is 1.61. The Kier molecular flexibility index (Phi) is 3.34. The van der Waals surface area contributed by atoms with Gasteiger partial charge in [0.25, 0.3) is 0 Å². The Labute approximate surface area is 111 Å². The summed E-state index contributed by atoms with van der Waals surface area (Å²) in [5.41, 5.74) is 1.34. The normalized spacial score (nSPS) is 14.9. The fourth-order valence-corrected chi connectivity index (χ4v) is 2.47. The maximum absolute atomic E-state index is 4.20. The van der Waals surface area contributed by atoms with Crippen LogP contribution in [0.4, 0.5) is 0 Å². The molecule has 1 aliphatic rings. The van der Waals surface area contributed by atoms with Crippen LogP contribution in [-0.2, 0) is 13.6 Å². The van der Waals surface area contributed by atoms with E-state index < -0.39 is 0 Å². The van der Waals surface area contributed by atoms with E-state index in [2.05, 4.69) is 39.7 Å². The van der Waals surface area contributed by atoms with Crippen molar-refractivity contribution in [3.8, 4) is 0 Å². The quantitative estimate of drug-likeness (QED) is 0.895. The van der Waals surface area contributed by atoms with Crippen LogP contribution in [0.5, 0.6) is 0 Å². The first-order valence-electron chi connectivity index (χ1n) is 6.15. The zero-order valence-electron chi connectivity index (χ0n) is 10.3. The summed E-state index contributed by atoms with van der Waals surface area (Å²) in [6, 6.07) is 9.40. The molecule has 3 rings (SSSR count). The molecular weight excluding hydrogens is 244 g/mol. The monoisotopic (exact) mass is 260 g/mol. The molecule has 0 bridgehead atoms. The Morgan fingerprint density at radius 1 is 1.33 bits per heavy atom. The van der Waals surface area contributed by atoms with Gasteiger partial charge < -0.3 is 5.32 Å². The molecule has 18 heavy (non-hydrogen) atoms. The number of nitrogens with one attached hydrogen (secondary N) is 1. The van der Waals surface area contributed by atoms with E-state index in [0.717, 1.165) is 17.7 Å². The standard InChI is InChI=1S/C13H16N4S/c1-17-13(15-9-16-17)18-12-6-2-10(3-7-12)8-14-11-4-5-11/h2-3,6-7,9,11,14H,4-5,8H2,1H3. The molecule has 2 aromatic rings. The molecule has 0 amide bonds. The second kappa shape index (κ2) is 5.12. The predicted molar refractivity (Wildman–Crippen MR) is 71.4 cm³/mol. The van der Waals surface area contributed by atoms with E-state index in [1.54, 1.807) is 22.8 Å². The lowest BCUT2D eigenvalue weighted by molar-refractivity contribution is 0.684. The highest BCUT2D eigenvalue weighted by molar-refractivity contribution is 7.99. The van der Waals surface area contributed by atoms with Crippen molar-refractivity contribution >= 4 is 11.8 Å². The first kappa shape index (κ1) is 11.7. The minimum atomic E-state index is 0.762. The topological polar surface area (TPSA) is 42.7 Å². The molecule has 94 valence electrons. The van der Waals surface area contributed by atoms with Crippen LogP contribution in [0.3, 0.4) is 0 Å². The average Bonchev–Trinajstić information content (AvgIpc) is 3.13. The summed E-state index contributed by atoms with van der Waals surface area (Å²) >= 11 is 1.64. The number of hydrogen-bond acceptors (Lipinski definition) is 4. The zero-order chi connectivity index (χ0) is 12.4. The van der Waals surface area contributed by atoms with Crippen molar-refractivity contribution in [1.29, 1.82) is 0 Å². The molecule has 1 heterocycles. The molecule has 0 atom stereocenters. The van der Waals surface area contributed by atoms with Gasteiger partial charge >= 0.3 is 0 Å². The fourth-order valence-electron chi connectivity index (χ4n) is 1.71. The van der Waals surface area contributed by atoms with E-state index in [1.165, 1.54) is 23.3 Å². The van der Waals surface area contributed by atoms with E-state index in [1.807, 2.05) is 7.05 Å². The van der Waals surface area contributed by atoms with Crippen molar-refractivity contribution in [1.82, 2.24) is 20.1 Å². The average molecular weight is 260 g/mol. The summed E-state index contributed by atoms with van der Waals surface area (Å²) in [6.45, 7) is 0.972. The summed E-state index contributed by atoms with van der Waals surface area (Å²) in [5, 5.41) is 8.49. The van der Waals surface area contributed by atoms with Gasteiger partial charge in [0.05, 0.1) is 0 Å². The predicted octanol–water partition coefficient (Wildman–Crippen LogP) is 2.22. The molecule has 1 aromatic carbocycles. The molecule has 1 N–H and O–H groups in total. The molecule has 1 fully saturated rings. The van der Waals surface area contributed by atoms with Gasteiger partial charge in [0.1, 0.15) is 6.33 Å². The highest BCUT2D eigenvalue weighted by atomic mass is 32.2. The lowest BCUT2D eigenvalue weighted by atomic mass is 10.2. The van der Waals surface area contributed by atoms with E-state index >= 15 is 0 Å². The van der Waals surface area contributed by atoms with Gasteiger partial charge in [0.2, 0.25) is 0 Å². The third kappa shape index (κ3) is 2.91. The summed E-state index contributed by atoms with van der Waals surface area (Å²) in [5.74, 6) is 0. The van der Waals surface area contributed by atoms with Crippen LogP contribution in [0.1, 0.15) is 18.4 Å². The minimum Gasteiger partial charge on any atom is -0.310 e.